The monoisotopic (exact) mass is 173 g/mol. The maximum Gasteiger partial charge on any atom is 0.240 e. The molecule has 0 unspecified atom stereocenters. The first kappa shape index (κ1) is 7.71. The van der Waals surface area contributed by atoms with Crippen LogP contribution in [0.1, 0.15) is 5.69 Å². The van der Waals surface area contributed by atoms with E-state index in [0.29, 0.717) is 5.69 Å². The van der Waals surface area contributed by atoms with Gasteiger partial charge >= 0.3 is 0 Å². The molecule has 2 aromatic rings. The van der Waals surface area contributed by atoms with Gasteiger partial charge in [0.15, 0.2) is 0 Å². The fraction of sp³-hybridized carbons (Fsp3) is 0.111. The second kappa shape index (κ2) is 2.84. The number of nitrogens with zero attached hydrogens (tertiary/aromatic N) is 2. The molecule has 1 aromatic carbocycles. The summed E-state index contributed by atoms with van der Waals surface area (Å²) in [4.78, 5) is 13.5. The Hall–Kier alpha value is -1.93. The Morgan fingerprint density at radius 3 is 3.15 bits per heavy atom. The first-order valence-electron chi connectivity index (χ1n) is 3.84. The van der Waals surface area contributed by atoms with Gasteiger partial charge in [0, 0.05) is 11.1 Å². The average Bonchev–Trinajstić information content (AvgIpc) is 2.48. The normalized spacial score (nSPS) is 9.92. The second-order valence-corrected chi connectivity index (χ2v) is 2.75. The van der Waals surface area contributed by atoms with Crippen molar-refractivity contribution in [2.45, 2.75) is 6.92 Å². The Morgan fingerprint density at radius 2 is 2.38 bits per heavy atom. The summed E-state index contributed by atoms with van der Waals surface area (Å²) in [6.07, 6.45) is 1.49. The second-order valence-electron chi connectivity index (χ2n) is 2.75. The van der Waals surface area contributed by atoms with E-state index >= 15 is 0 Å². The van der Waals surface area contributed by atoms with Crippen molar-refractivity contribution in [3.8, 4) is 0 Å². The lowest BCUT2D eigenvalue weighted by atomic mass is 10.2. The van der Waals surface area contributed by atoms with Crippen molar-refractivity contribution in [2.75, 3.05) is 0 Å². The number of H-pyrrole nitrogens is 1. The van der Waals surface area contributed by atoms with Gasteiger partial charge in [0.05, 0.1) is 11.2 Å². The smallest absolute Gasteiger partial charge is 0.240 e. The SMILES string of the molecule is Cc1[nH]nc2cc(N=C=O)ccc12. The molecule has 0 fully saturated rings. The van der Waals surface area contributed by atoms with E-state index in [4.69, 9.17) is 0 Å². The number of benzene rings is 1. The highest BCUT2D eigenvalue weighted by Gasteiger charge is 2.00. The Kier molecular flexibility index (Phi) is 1.69. The Labute approximate surface area is 74.3 Å². The molecule has 1 heterocycles. The Morgan fingerprint density at radius 1 is 1.54 bits per heavy atom. The molecule has 0 radical (unpaired) electrons. The van der Waals surface area contributed by atoms with Crippen LogP contribution in [-0.4, -0.2) is 16.3 Å². The zero-order chi connectivity index (χ0) is 9.26. The summed E-state index contributed by atoms with van der Waals surface area (Å²) < 4.78 is 0. The fourth-order valence-electron chi connectivity index (χ4n) is 1.26. The van der Waals surface area contributed by atoms with Crippen molar-refractivity contribution >= 4 is 22.7 Å². The van der Waals surface area contributed by atoms with Crippen LogP contribution in [0.3, 0.4) is 0 Å². The van der Waals surface area contributed by atoms with Crippen LogP contribution >= 0.6 is 0 Å². The molecule has 64 valence electrons. The third-order valence-electron chi connectivity index (χ3n) is 1.90. The van der Waals surface area contributed by atoms with Crippen molar-refractivity contribution in [2.24, 2.45) is 4.99 Å². The van der Waals surface area contributed by atoms with Crippen LogP contribution in [0.5, 0.6) is 0 Å². The fourth-order valence-corrected chi connectivity index (χ4v) is 1.26. The molecule has 0 atom stereocenters. The lowest BCUT2D eigenvalue weighted by Gasteiger charge is -1.90. The van der Waals surface area contributed by atoms with E-state index in [0.717, 1.165) is 16.6 Å². The quantitative estimate of drug-likeness (QED) is 0.528. The van der Waals surface area contributed by atoms with Crippen LogP contribution in [-0.2, 0) is 4.79 Å². The summed E-state index contributed by atoms with van der Waals surface area (Å²) in [5.74, 6) is 0. The standard InChI is InChI=1S/C9H7N3O/c1-6-8-3-2-7(10-5-13)4-9(8)12-11-6/h2-4H,1H3,(H,11,12). The number of nitrogens with one attached hydrogen (secondary N) is 1. The topological polar surface area (TPSA) is 58.1 Å². The molecule has 1 aromatic heterocycles. The molecule has 0 bridgehead atoms. The highest BCUT2D eigenvalue weighted by molar-refractivity contribution is 5.84. The van der Waals surface area contributed by atoms with Crippen LogP contribution in [0.2, 0.25) is 0 Å². The highest BCUT2D eigenvalue weighted by atomic mass is 16.1. The zero-order valence-electron chi connectivity index (χ0n) is 7.03. The van der Waals surface area contributed by atoms with Crippen LogP contribution < -0.4 is 0 Å². The Balaban J connectivity index is 2.69. The van der Waals surface area contributed by atoms with Crippen molar-refractivity contribution in [1.82, 2.24) is 10.2 Å². The zero-order valence-corrected chi connectivity index (χ0v) is 7.03. The number of isocyanates is 1. The van der Waals surface area contributed by atoms with E-state index in [2.05, 4.69) is 15.2 Å². The maximum atomic E-state index is 10.00. The van der Waals surface area contributed by atoms with Gasteiger partial charge in [-0.3, -0.25) is 5.10 Å². The molecule has 2 rings (SSSR count). The molecular weight excluding hydrogens is 166 g/mol. The van der Waals surface area contributed by atoms with Gasteiger partial charge in [-0.05, 0) is 25.1 Å². The number of hydrogen-bond acceptors (Lipinski definition) is 3. The van der Waals surface area contributed by atoms with E-state index in [9.17, 15) is 4.79 Å². The average molecular weight is 173 g/mol. The molecule has 0 aliphatic heterocycles. The molecule has 0 amide bonds. The van der Waals surface area contributed by atoms with E-state index < -0.39 is 0 Å². The minimum Gasteiger partial charge on any atom is -0.282 e. The Bertz CT molecular complexity index is 495. The van der Waals surface area contributed by atoms with Crippen LogP contribution in [0.15, 0.2) is 23.2 Å². The number of hydrogen-bond donors (Lipinski definition) is 1. The predicted octanol–water partition coefficient (Wildman–Crippen LogP) is 1.84. The molecule has 0 spiro atoms. The van der Waals surface area contributed by atoms with Crippen LogP contribution in [0, 0.1) is 6.92 Å². The van der Waals surface area contributed by atoms with E-state index in [1.165, 1.54) is 6.08 Å². The number of aliphatic imine (C=N–C) groups is 1. The molecule has 0 aliphatic carbocycles. The highest BCUT2D eigenvalue weighted by Crippen LogP contribution is 2.20. The number of carbonyl (C=O) groups excluding carboxylic acids is 1. The van der Waals surface area contributed by atoms with Crippen LogP contribution in [0.25, 0.3) is 10.9 Å². The molecule has 13 heavy (non-hydrogen) atoms. The summed E-state index contributed by atoms with van der Waals surface area (Å²) in [6.45, 7) is 1.94. The van der Waals surface area contributed by atoms with Crippen molar-refractivity contribution < 1.29 is 4.79 Å². The molecule has 0 saturated heterocycles. The summed E-state index contributed by atoms with van der Waals surface area (Å²) in [5.41, 5.74) is 2.40. The summed E-state index contributed by atoms with van der Waals surface area (Å²) in [6, 6.07) is 5.38. The first-order valence-corrected chi connectivity index (χ1v) is 3.84. The van der Waals surface area contributed by atoms with Gasteiger partial charge in [-0.1, -0.05) is 0 Å². The summed E-state index contributed by atoms with van der Waals surface area (Å²) >= 11 is 0. The largest absolute Gasteiger partial charge is 0.282 e. The van der Waals surface area contributed by atoms with Gasteiger partial charge in [0.25, 0.3) is 0 Å². The summed E-state index contributed by atoms with van der Waals surface area (Å²) in [7, 11) is 0. The number of aromatic nitrogens is 2. The van der Waals surface area contributed by atoms with Gasteiger partial charge < -0.3 is 0 Å². The predicted molar refractivity (Wildman–Crippen MR) is 48.6 cm³/mol. The van der Waals surface area contributed by atoms with Gasteiger partial charge in [0.2, 0.25) is 6.08 Å². The number of aryl methyl sites for hydroxylation is 1. The van der Waals surface area contributed by atoms with E-state index in [1.807, 2.05) is 13.0 Å². The van der Waals surface area contributed by atoms with Gasteiger partial charge in [-0.15, -0.1) is 0 Å². The molecule has 4 heteroatoms. The third-order valence-corrected chi connectivity index (χ3v) is 1.90. The molecule has 1 N–H and O–H groups in total. The van der Waals surface area contributed by atoms with Crippen molar-refractivity contribution in [3.05, 3.63) is 23.9 Å². The van der Waals surface area contributed by atoms with E-state index in [1.54, 1.807) is 12.1 Å². The van der Waals surface area contributed by atoms with Gasteiger partial charge in [-0.2, -0.15) is 10.1 Å². The molecule has 0 aliphatic rings. The third kappa shape index (κ3) is 1.23. The summed E-state index contributed by atoms with van der Waals surface area (Å²) in [5, 5.41) is 7.95. The molecular formula is C9H7N3O. The van der Waals surface area contributed by atoms with Crippen LogP contribution in [0.4, 0.5) is 5.69 Å². The lowest BCUT2D eigenvalue weighted by molar-refractivity contribution is 0.565. The number of fused-ring (bicyclic) bond motifs is 1. The minimum atomic E-state index is 0.578. The number of aromatic amines is 1. The van der Waals surface area contributed by atoms with Crippen molar-refractivity contribution in [1.29, 1.82) is 0 Å². The number of rotatable bonds is 1. The van der Waals surface area contributed by atoms with E-state index in [-0.39, 0.29) is 0 Å². The minimum absolute atomic E-state index is 0.578. The van der Waals surface area contributed by atoms with Gasteiger partial charge in [0.1, 0.15) is 0 Å². The molecule has 4 nitrogen and oxygen atoms in total. The van der Waals surface area contributed by atoms with Crippen molar-refractivity contribution in [3.63, 3.8) is 0 Å². The molecule has 0 saturated carbocycles. The maximum absolute atomic E-state index is 10.00. The first-order chi connectivity index (χ1) is 6.31. The van der Waals surface area contributed by atoms with Gasteiger partial charge in [-0.25, -0.2) is 4.79 Å². The lowest BCUT2D eigenvalue weighted by Crippen LogP contribution is -1.69.